The predicted molar refractivity (Wildman–Crippen MR) is 88.8 cm³/mol. The third kappa shape index (κ3) is 3.31. The van der Waals surface area contributed by atoms with Gasteiger partial charge in [-0.25, -0.2) is 0 Å². The largest absolute Gasteiger partial charge is 0.312 e. The minimum absolute atomic E-state index is 0.442. The zero-order valence-corrected chi connectivity index (χ0v) is 13.7. The molecule has 116 valence electrons. The second-order valence-corrected chi connectivity index (χ2v) is 6.78. The lowest BCUT2D eigenvalue weighted by Crippen LogP contribution is -2.51. The van der Waals surface area contributed by atoms with Crippen LogP contribution in [-0.4, -0.2) is 55.6 Å². The fourth-order valence-electron chi connectivity index (χ4n) is 3.82. The number of nitrogens with zero attached hydrogens (tertiary/aromatic N) is 2. The van der Waals surface area contributed by atoms with E-state index in [0.717, 1.165) is 12.6 Å². The lowest BCUT2D eigenvalue weighted by atomic mass is 10.00. The van der Waals surface area contributed by atoms with E-state index in [-0.39, 0.29) is 0 Å². The highest BCUT2D eigenvalue weighted by Gasteiger charge is 2.31. The minimum atomic E-state index is 0.442. The number of likely N-dealkylation sites (N-methyl/N-ethyl adjacent to an activating group) is 1. The summed E-state index contributed by atoms with van der Waals surface area (Å²) in [7, 11) is 2.09. The third-order valence-corrected chi connectivity index (χ3v) is 5.39. The van der Waals surface area contributed by atoms with Crippen LogP contribution in [0.5, 0.6) is 0 Å². The van der Waals surface area contributed by atoms with E-state index < -0.39 is 0 Å². The lowest BCUT2D eigenvalue weighted by Gasteiger charge is -2.39. The Hall–Kier alpha value is -0.900. The van der Waals surface area contributed by atoms with Crippen LogP contribution in [0.2, 0.25) is 0 Å². The molecular weight excluding hydrogens is 258 g/mol. The van der Waals surface area contributed by atoms with Crippen molar-refractivity contribution in [1.82, 2.24) is 15.1 Å². The van der Waals surface area contributed by atoms with Gasteiger partial charge in [0.05, 0.1) is 0 Å². The first kappa shape index (κ1) is 15.0. The Morgan fingerprint density at radius 1 is 1.19 bits per heavy atom. The van der Waals surface area contributed by atoms with Crippen molar-refractivity contribution in [2.24, 2.45) is 0 Å². The molecule has 0 bridgehead atoms. The Balaban J connectivity index is 1.65. The predicted octanol–water partition coefficient (Wildman–Crippen LogP) is 2.34. The van der Waals surface area contributed by atoms with Gasteiger partial charge in [-0.2, -0.15) is 0 Å². The van der Waals surface area contributed by atoms with Crippen LogP contribution in [0.15, 0.2) is 18.2 Å². The van der Waals surface area contributed by atoms with E-state index in [1.54, 1.807) is 0 Å². The van der Waals surface area contributed by atoms with Crippen LogP contribution in [0, 0.1) is 13.8 Å². The molecule has 1 N–H and O–H groups in total. The second-order valence-electron chi connectivity index (χ2n) is 6.78. The summed E-state index contributed by atoms with van der Waals surface area (Å²) in [6.45, 7) is 10.6. The lowest BCUT2D eigenvalue weighted by molar-refractivity contribution is 0.0971. The van der Waals surface area contributed by atoms with E-state index in [2.05, 4.69) is 54.2 Å². The molecule has 2 aliphatic rings. The molecular formula is C18H29N3. The molecule has 21 heavy (non-hydrogen) atoms. The van der Waals surface area contributed by atoms with Gasteiger partial charge in [0.25, 0.3) is 0 Å². The SMILES string of the molecule is CNC(CN1CCN2CCCC2C1)c1ccc(C)c(C)c1. The standard InChI is InChI=1S/C18H29N3/c1-14-6-7-16(11-15(14)2)18(19-3)13-20-9-10-21-8-4-5-17(21)12-20/h6-7,11,17-19H,4-5,8-10,12-13H2,1-3H3. The van der Waals surface area contributed by atoms with Gasteiger partial charge >= 0.3 is 0 Å². The summed E-state index contributed by atoms with van der Waals surface area (Å²) in [5.74, 6) is 0. The summed E-state index contributed by atoms with van der Waals surface area (Å²) >= 11 is 0. The van der Waals surface area contributed by atoms with Gasteiger partial charge in [-0.1, -0.05) is 18.2 Å². The molecule has 1 aromatic carbocycles. The summed E-state index contributed by atoms with van der Waals surface area (Å²) in [6.07, 6.45) is 2.79. The van der Waals surface area contributed by atoms with Crippen LogP contribution in [0.4, 0.5) is 0 Å². The number of fused-ring (bicyclic) bond motifs is 1. The van der Waals surface area contributed by atoms with Gasteiger partial charge in [0.1, 0.15) is 0 Å². The topological polar surface area (TPSA) is 18.5 Å². The first-order valence-corrected chi connectivity index (χ1v) is 8.38. The Morgan fingerprint density at radius 3 is 2.81 bits per heavy atom. The maximum Gasteiger partial charge on any atom is 0.0446 e. The first-order chi connectivity index (χ1) is 10.2. The maximum atomic E-state index is 3.52. The van der Waals surface area contributed by atoms with E-state index in [9.17, 15) is 0 Å². The number of rotatable bonds is 4. The molecule has 0 aromatic heterocycles. The molecule has 2 saturated heterocycles. The number of hydrogen-bond acceptors (Lipinski definition) is 3. The van der Waals surface area contributed by atoms with Crippen molar-refractivity contribution in [1.29, 1.82) is 0 Å². The zero-order chi connectivity index (χ0) is 14.8. The van der Waals surface area contributed by atoms with Crippen LogP contribution in [0.1, 0.15) is 35.6 Å². The van der Waals surface area contributed by atoms with Crippen molar-refractivity contribution in [3.05, 3.63) is 34.9 Å². The van der Waals surface area contributed by atoms with Crippen molar-refractivity contribution in [3.63, 3.8) is 0 Å². The van der Waals surface area contributed by atoms with E-state index in [1.165, 1.54) is 55.7 Å². The molecule has 1 aromatic rings. The molecule has 3 heteroatoms. The van der Waals surface area contributed by atoms with Crippen molar-refractivity contribution >= 4 is 0 Å². The van der Waals surface area contributed by atoms with Crippen molar-refractivity contribution in [3.8, 4) is 0 Å². The van der Waals surface area contributed by atoms with Gasteiger partial charge in [-0.15, -0.1) is 0 Å². The van der Waals surface area contributed by atoms with Crippen molar-refractivity contribution in [2.45, 2.75) is 38.8 Å². The third-order valence-electron chi connectivity index (χ3n) is 5.39. The summed E-state index contributed by atoms with van der Waals surface area (Å²) in [5, 5.41) is 3.52. The number of nitrogens with one attached hydrogen (secondary N) is 1. The second kappa shape index (κ2) is 6.47. The number of piperazine rings is 1. The molecule has 0 radical (unpaired) electrons. The summed E-state index contributed by atoms with van der Waals surface area (Å²) < 4.78 is 0. The first-order valence-electron chi connectivity index (χ1n) is 8.38. The molecule has 2 heterocycles. The number of hydrogen-bond donors (Lipinski definition) is 1. The Kier molecular flexibility index (Phi) is 4.63. The maximum absolute atomic E-state index is 3.52. The molecule has 0 saturated carbocycles. The average molecular weight is 287 g/mol. The molecule has 3 rings (SSSR count). The van der Waals surface area contributed by atoms with E-state index in [0.29, 0.717) is 6.04 Å². The molecule has 2 aliphatic heterocycles. The molecule has 2 fully saturated rings. The smallest absolute Gasteiger partial charge is 0.0446 e. The molecule has 2 atom stereocenters. The fraction of sp³-hybridized carbons (Fsp3) is 0.667. The van der Waals surface area contributed by atoms with E-state index >= 15 is 0 Å². The van der Waals surface area contributed by atoms with Gasteiger partial charge in [-0.05, 0) is 57.0 Å². The number of benzene rings is 1. The van der Waals surface area contributed by atoms with Crippen molar-refractivity contribution in [2.75, 3.05) is 39.8 Å². The van der Waals surface area contributed by atoms with Crippen LogP contribution in [0.3, 0.4) is 0 Å². The average Bonchev–Trinajstić information content (AvgIpc) is 2.95. The molecule has 2 unspecified atom stereocenters. The van der Waals surface area contributed by atoms with Gasteiger partial charge in [0.15, 0.2) is 0 Å². The van der Waals surface area contributed by atoms with Gasteiger partial charge < -0.3 is 5.32 Å². The Morgan fingerprint density at radius 2 is 2.05 bits per heavy atom. The Labute approximate surface area is 129 Å². The highest BCUT2D eigenvalue weighted by atomic mass is 15.3. The van der Waals surface area contributed by atoms with E-state index in [4.69, 9.17) is 0 Å². The van der Waals surface area contributed by atoms with Crippen LogP contribution < -0.4 is 5.32 Å². The van der Waals surface area contributed by atoms with Gasteiger partial charge in [0.2, 0.25) is 0 Å². The summed E-state index contributed by atoms with van der Waals surface area (Å²) in [6, 6.07) is 8.15. The molecule has 0 aliphatic carbocycles. The Bertz CT molecular complexity index is 485. The van der Waals surface area contributed by atoms with Crippen LogP contribution >= 0.6 is 0 Å². The highest BCUT2D eigenvalue weighted by molar-refractivity contribution is 5.31. The quantitative estimate of drug-likeness (QED) is 0.917. The fourth-order valence-corrected chi connectivity index (χ4v) is 3.82. The molecule has 3 nitrogen and oxygen atoms in total. The molecule has 0 spiro atoms. The van der Waals surface area contributed by atoms with Gasteiger partial charge in [0, 0.05) is 38.3 Å². The highest BCUT2D eigenvalue weighted by Crippen LogP contribution is 2.24. The minimum Gasteiger partial charge on any atom is -0.312 e. The molecule has 0 amide bonds. The van der Waals surface area contributed by atoms with E-state index in [1.807, 2.05) is 0 Å². The monoisotopic (exact) mass is 287 g/mol. The summed E-state index contributed by atoms with van der Waals surface area (Å²) in [4.78, 5) is 5.34. The normalized spacial score (nSPS) is 25.0. The van der Waals surface area contributed by atoms with Gasteiger partial charge in [-0.3, -0.25) is 9.80 Å². The zero-order valence-electron chi connectivity index (χ0n) is 13.7. The van der Waals surface area contributed by atoms with Crippen molar-refractivity contribution < 1.29 is 0 Å². The summed E-state index contributed by atoms with van der Waals surface area (Å²) in [5.41, 5.74) is 4.20. The van der Waals surface area contributed by atoms with Crippen LogP contribution in [0.25, 0.3) is 0 Å². The number of aryl methyl sites for hydroxylation is 2. The van der Waals surface area contributed by atoms with Crippen LogP contribution in [-0.2, 0) is 0 Å².